The molecule has 4 rings (SSSR count). The number of nitrogens with one attached hydrogen (secondary N) is 3. The number of carbonyl (C=O) groups is 2. The molecular weight excluding hydrogens is 472 g/mol. The second-order valence-corrected chi connectivity index (χ2v) is 8.12. The molecule has 0 spiro atoms. The minimum absolute atomic E-state index is 0.131. The Hall–Kier alpha value is -4.99. The van der Waals surface area contributed by atoms with E-state index in [2.05, 4.69) is 25.9 Å². The van der Waals surface area contributed by atoms with E-state index in [1.165, 1.54) is 0 Å². The van der Waals surface area contributed by atoms with Crippen molar-refractivity contribution < 1.29 is 19.4 Å². The highest BCUT2D eigenvalue weighted by molar-refractivity contribution is 5.94. The van der Waals surface area contributed by atoms with E-state index < -0.39 is 6.09 Å². The minimum Gasteiger partial charge on any atom is -0.465 e. The summed E-state index contributed by atoms with van der Waals surface area (Å²) < 4.78 is 6.21. The Morgan fingerprint density at radius 1 is 0.919 bits per heavy atom. The Balaban J connectivity index is 1.45. The van der Waals surface area contributed by atoms with Crippen molar-refractivity contribution in [3.8, 4) is 22.9 Å². The van der Waals surface area contributed by atoms with Crippen LogP contribution in [0.4, 0.5) is 16.3 Å². The van der Waals surface area contributed by atoms with Crippen LogP contribution in [0.5, 0.6) is 11.5 Å². The van der Waals surface area contributed by atoms with Gasteiger partial charge >= 0.3 is 6.09 Å². The van der Waals surface area contributed by atoms with Gasteiger partial charge in [-0.05, 0) is 67.9 Å². The number of carboxylic acid groups (broad SMARTS) is 1. The van der Waals surface area contributed by atoms with E-state index in [1.54, 1.807) is 48.8 Å². The van der Waals surface area contributed by atoms with Gasteiger partial charge in [-0.3, -0.25) is 9.78 Å². The second kappa shape index (κ2) is 11.6. The van der Waals surface area contributed by atoms with Crippen molar-refractivity contribution in [2.45, 2.75) is 13.8 Å². The highest BCUT2D eigenvalue weighted by Crippen LogP contribution is 2.33. The van der Waals surface area contributed by atoms with Crippen molar-refractivity contribution in [3.05, 3.63) is 89.9 Å². The van der Waals surface area contributed by atoms with Crippen LogP contribution in [-0.2, 0) is 0 Å². The van der Waals surface area contributed by atoms with Crippen molar-refractivity contribution >= 4 is 23.5 Å². The fourth-order valence-electron chi connectivity index (χ4n) is 3.41. The number of rotatable bonds is 9. The normalized spacial score (nSPS) is 10.4. The zero-order chi connectivity index (χ0) is 26.2. The van der Waals surface area contributed by atoms with Crippen LogP contribution in [0.2, 0.25) is 0 Å². The largest absolute Gasteiger partial charge is 0.465 e. The van der Waals surface area contributed by atoms with E-state index in [0.29, 0.717) is 28.6 Å². The molecule has 0 aliphatic heterocycles. The van der Waals surface area contributed by atoms with Crippen LogP contribution >= 0.6 is 0 Å². The Kier molecular flexibility index (Phi) is 7.89. The summed E-state index contributed by atoms with van der Waals surface area (Å²) in [5.74, 6) is 1.43. The van der Waals surface area contributed by atoms with Crippen LogP contribution in [0.25, 0.3) is 11.4 Å². The summed E-state index contributed by atoms with van der Waals surface area (Å²) in [5, 5.41) is 16.6. The molecule has 1 aromatic carbocycles. The highest BCUT2D eigenvalue weighted by Gasteiger charge is 2.13. The highest BCUT2D eigenvalue weighted by atomic mass is 16.5. The number of pyridine rings is 3. The molecule has 0 aliphatic carbocycles. The topological polar surface area (TPSA) is 138 Å². The summed E-state index contributed by atoms with van der Waals surface area (Å²) in [5.41, 5.74) is 4.47. The first-order valence-corrected chi connectivity index (χ1v) is 11.5. The average Bonchev–Trinajstić information content (AvgIpc) is 2.89. The van der Waals surface area contributed by atoms with E-state index in [1.807, 2.05) is 38.1 Å². The summed E-state index contributed by atoms with van der Waals surface area (Å²) in [6.45, 7) is 4.26. The molecule has 0 saturated carbocycles. The number of benzene rings is 1. The lowest BCUT2D eigenvalue weighted by molar-refractivity contribution is 0.0953. The van der Waals surface area contributed by atoms with Crippen LogP contribution in [0.1, 0.15) is 21.6 Å². The van der Waals surface area contributed by atoms with Crippen molar-refractivity contribution in [1.82, 2.24) is 25.6 Å². The predicted octanol–water partition coefficient (Wildman–Crippen LogP) is 4.69. The minimum atomic E-state index is -1.13. The maximum atomic E-state index is 12.2. The van der Waals surface area contributed by atoms with E-state index in [9.17, 15) is 9.59 Å². The number of amides is 2. The summed E-state index contributed by atoms with van der Waals surface area (Å²) in [6.07, 6.45) is 2.22. The molecule has 10 nitrogen and oxygen atoms in total. The first-order chi connectivity index (χ1) is 17.9. The third-order valence-corrected chi connectivity index (χ3v) is 5.40. The Morgan fingerprint density at radius 3 is 2.43 bits per heavy atom. The van der Waals surface area contributed by atoms with Gasteiger partial charge in [-0.25, -0.2) is 14.8 Å². The fourth-order valence-corrected chi connectivity index (χ4v) is 3.41. The second-order valence-electron chi connectivity index (χ2n) is 8.12. The van der Waals surface area contributed by atoms with E-state index in [-0.39, 0.29) is 19.0 Å². The Labute approximate surface area is 213 Å². The third kappa shape index (κ3) is 6.79. The first-order valence-electron chi connectivity index (χ1n) is 11.5. The van der Waals surface area contributed by atoms with Gasteiger partial charge < -0.3 is 25.8 Å². The van der Waals surface area contributed by atoms with Gasteiger partial charge in [0.05, 0.1) is 5.69 Å². The Bertz CT molecular complexity index is 1390. The number of aryl methyl sites for hydroxylation is 2. The summed E-state index contributed by atoms with van der Waals surface area (Å²) >= 11 is 0. The SMILES string of the molecule is Cc1cc(Oc2ccnc(Nc3ccc(C(=O)NCCNC(=O)O)cc3)c2)c(-c2ccccn2)nc1C. The molecule has 0 atom stereocenters. The third-order valence-electron chi connectivity index (χ3n) is 5.40. The Morgan fingerprint density at radius 2 is 1.70 bits per heavy atom. The smallest absolute Gasteiger partial charge is 0.404 e. The van der Waals surface area contributed by atoms with Crippen LogP contribution in [0.3, 0.4) is 0 Å². The molecule has 0 saturated heterocycles. The summed E-state index contributed by atoms with van der Waals surface area (Å²) in [6, 6.07) is 18.0. The molecule has 4 N–H and O–H groups in total. The number of carbonyl (C=O) groups excluding carboxylic acids is 1. The van der Waals surface area contributed by atoms with E-state index >= 15 is 0 Å². The number of ether oxygens (including phenoxy) is 1. The van der Waals surface area contributed by atoms with Gasteiger partial charge in [0.2, 0.25) is 0 Å². The molecule has 0 bridgehead atoms. The van der Waals surface area contributed by atoms with Gasteiger partial charge in [0.15, 0.2) is 5.75 Å². The molecule has 0 unspecified atom stereocenters. The molecule has 3 heterocycles. The molecule has 0 aliphatic rings. The zero-order valence-corrected chi connectivity index (χ0v) is 20.4. The van der Waals surface area contributed by atoms with Gasteiger partial charge in [-0.1, -0.05) is 6.07 Å². The molecule has 2 amide bonds. The van der Waals surface area contributed by atoms with Gasteiger partial charge in [0.25, 0.3) is 5.91 Å². The van der Waals surface area contributed by atoms with Crippen molar-refractivity contribution in [2.75, 3.05) is 18.4 Å². The summed E-state index contributed by atoms with van der Waals surface area (Å²) in [4.78, 5) is 36.2. The van der Waals surface area contributed by atoms with Crippen molar-refractivity contribution in [2.24, 2.45) is 0 Å². The lowest BCUT2D eigenvalue weighted by Gasteiger charge is -2.14. The molecular formula is C27H26N6O4. The number of anilines is 2. The van der Waals surface area contributed by atoms with Crippen LogP contribution in [-0.4, -0.2) is 45.1 Å². The maximum absolute atomic E-state index is 12.2. The zero-order valence-electron chi connectivity index (χ0n) is 20.4. The molecule has 0 fully saturated rings. The standard InChI is InChI=1S/C27H26N6O4/c1-17-15-23(25(32-18(17)2)22-5-3-4-11-28-22)37-21-10-12-29-24(16-21)33-20-8-6-19(7-9-20)26(34)30-13-14-31-27(35)36/h3-12,15-16,31H,13-14H2,1-2H3,(H,29,33)(H,30,34)(H,35,36). The van der Waals surface area contributed by atoms with Gasteiger partial charge in [-0.15, -0.1) is 0 Å². The predicted molar refractivity (Wildman–Crippen MR) is 139 cm³/mol. The molecule has 37 heavy (non-hydrogen) atoms. The molecule has 0 radical (unpaired) electrons. The van der Waals surface area contributed by atoms with Crippen LogP contribution in [0, 0.1) is 13.8 Å². The van der Waals surface area contributed by atoms with E-state index in [0.717, 1.165) is 22.6 Å². The van der Waals surface area contributed by atoms with Crippen molar-refractivity contribution in [3.63, 3.8) is 0 Å². The molecule has 10 heteroatoms. The van der Waals surface area contributed by atoms with E-state index in [4.69, 9.17) is 14.8 Å². The number of aromatic nitrogens is 3. The lowest BCUT2D eigenvalue weighted by atomic mass is 10.1. The van der Waals surface area contributed by atoms with Crippen LogP contribution < -0.4 is 20.7 Å². The van der Waals surface area contributed by atoms with Crippen LogP contribution in [0.15, 0.2) is 73.1 Å². The maximum Gasteiger partial charge on any atom is 0.404 e. The van der Waals surface area contributed by atoms with Gasteiger partial charge in [0, 0.05) is 48.5 Å². The molecule has 188 valence electrons. The number of nitrogens with zero attached hydrogens (tertiary/aromatic N) is 3. The molecule has 4 aromatic rings. The quantitative estimate of drug-likeness (QED) is 0.244. The summed E-state index contributed by atoms with van der Waals surface area (Å²) in [7, 11) is 0. The lowest BCUT2D eigenvalue weighted by Crippen LogP contribution is -2.33. The monoisotopic (exact) mass is 498 g/mol. The molecule has 3 aromatic heterocycles. The van der Waals surface area contributed by atoms with Gasteiger partial charge in [-0.2, -0.15) is 0 Å². The van der Waals surface area contributed by atoms with Gasteiger partial charge in [0.1, 0.15) is 17.3 Å². The number of hydrogen-bond donors (Lipinski definition) is 4. The fraction of sp³-hybridized carbons (Fsp3) is 0.148. The number of hydrogen-bond acceptors (Lipinski definition) is 7. The average molecular weight is 499 g/mol. The van der Waals surface area contributed by atoms with Crippen molar-refractivity contribution in [1.29, 1.82) is 0 Å². The first kappa shape index (κ1) is 25.1.